The van der Waals surface area contributed by atoms with Gasteiger partial charge in [0.1, 0.15) is 10.6 Å². The van der Waals surface area contributed by atoms with Gasteiger partial charge in [0.15, 0.2) is 5.82 Å². The van der Waals surface area contributed by atoms with Gasteiger partial charge < -0.3 is 5.32 Å². The lowest BCUT2D eigenvalue weighted by Crippen LogP contribution is -1.98. The lowest BCUT2D eigenvalue weighted by molar-refractivity contribution is 1.19. The fourth-order valence-electron chi connectivity index (χ4n) is 2.44. The van der Waals surface area contributed by atoms with Gasteiger partial charge in [-0.15, -0.1) is 11.3 Å². The Labute approximate surface area is 143 Å². The molecule has 4 aromatic rings. The molecule has 0 aliphatic heterocycles. The normalized spacial score (nSPS) is 10.9. The summed E-state index contributed by atoms with van der Waals surface area (Å²) in [5.41, 5.74) is 1.86. The van der Waals surface area contributed by atoms with E-state index in [9.17, 15) is 0 Å². The molecule has 118 valence electrons. The summed E-state index contributed by atoms with van der Waals surface area (Å²) in [5, 5.41) is 4.43. The highest BCUT2D eigenvalue weighted by Crippen LogP contribution is 2.32. The molecule has 0 bridgehead atoms. The van der Waals surface area contributed by atoms with Crippen molar-refractivity contribution < 1.29 is 0 Å². The molecule has 0 fully saturated rings. The second kappa shape index (κ2) is 6.33. The molecule has 5 nitrogen and oxygen atoms in total. The lowest BCUT2D eigenvalue weighted by Gasteiger charge is -2.08. The van der Waals surface area contributed by atoms with Crippen molar-refractivity contribution in [3.8, 4) is 11.4 Å². The molecule has 4 heterocycles. The largest absolute Gasteiger partial charge is 0.339 e. The van der Waals surface area contributed by atoms with Gasteiger partial charge in [0.2, 0.25) is 0 Å². The average Bonchev–Trinajstić information content (AvgIpc) is 3.07. The van der Waals surface area contributed by atoms with E-state index in [1.807, 2.05) is 24.3 Å². The molecular weight excluding hydrogens is 318 g/mol. The van der Waals surface area contributed by atoms with Crippen LogP contribution in [0.2, 0.25) is 0 Å². The number of hydrogen-bond acceptors (Lipinski definition) is 6. The van der Waals surface area contributed by atoms with Crippen LogP contribution < -0.4 is 5.32 Å². The fraction of sp³-hybridized carbons (Fsp3) is 0.111. The maximum Gasteiger partial charge on any atom is 0.164 e. The minimum Gasteiger partial charge on any atom is -0.339 e. The minimum absolute atomic E-state index is 0.677. The number of pyridine rings is 2. The summed E-state index contributed by atoms with van der Waals surface area (Å²) in [6.45, 7) is 2.15. The van der Waals surface area contributed by atoms with E-state index in [1.165, 1.54) is 4.88 Å². The van der Waals surface area contributed by atoms with E-state index in [0.29, 0.717) is 5.82 Å². The van der Waals surface area contributed by atoms with Crippen molar-refractivity contribution >= 4 is 33.1 Å². The average molecular weight is 333 g/mol. The molecule has 0 unspecified atom stereocenters. The highest BCUT2D eigenvalue weighted by Gasteiger charge is 2.13. The molecule has 24 heavy (non-hydrogen) atoms. The van der Waals surface area contributed by atoms with Crippen molar-refractivity contribution in [2.45, 2.75) is 13.3 Å². The third-order valence-corrected chi connectivity index (χ3v) is 4.83. The highest BCUT2D eigenvalue weighted by molar-refractivity contribution is 7.18. The van der Waals surface area contributed by atoms with Crippen LogP contribution in [-0.4, -0.2) is 19.9 Å². The zero-order valence-corrected chi connectivity index (χ0v) is 13.9. The molecule has 0 atom stereocenters. The second-order valence-electron chi connectivity index (χ2n) is 5.28. The van der Waals surface area contributed by atoms with E-state index < -0.39 is 0 Å². The van der Waals surface area contributed by atoms with Crippen LogP contribution in [0.25, 0.3) is 21.6 Å². The van der Waals surface area contributed by atoms with E-state index >= 15 is 0 Å². The zero-order valence-electron chi connectivity index (χ0n) is 13.1. The molecular formula is C18H15N5S. The van der Waals surface area contributed by atoms with E-state index in [0.717, 1.165) is 33.7 Å². The maximum atomic E-state index is 4.74. The topological polar surface area (TPSA) is 63.6 Å². The number of fused-ring (bicyclic) bond motifs is 1. The summed E-state index contributed by atoms with van der Waals surface area (Å²) in [5.74, 6) is 1.48. The molecule has 4 rings (SSSR count). The number of aryl methyl sites for hydroxylation is 1. The monoisotopic (exact) mass is 333 g/mol. The Kier molecular flexibility index (Phi) is 3.88. The van der Waals surface area contributed by atoms with Crippen LogP contribution in [0.1, 0.15) is 11.8 Å². The number of aromatic nitrogens is 4. The quantitative estimate of drug-likeness (QED) is 0.597. The van der Waals surface area contributed by atoms with Crippen molar-refractivity contribution in [3.05, 3.63) is 60.0 Å². The first-order chi connectivity index (χ1) is 11.8. The molecule has 0 aliphatic rings. The molecule has 0 saturated heterocycles. The summed E-state index contributed by atoms with van der Waals surface area (Å²) in [4.78, 5) is 20.0. The molecule has 0 amide bonds. The molecule has 0 spiro atoms. The number of nitrogens with one attached hydrogen (secondary N) is 1. The summed E-state index contributed by atoms with van der Waals surface area (Å²) >= 11 is 1.71. The van der Waals surface area contributed by atoms with Gasteiger partial charge in [0.25, 0.3) is 0 Å². The first-order valence-corrected chi connectivity index (χ1v) is 8.53. The number of thiophene rings is 1. The maximum absolute atomic E-state index is 4.74. The van der Waals surface area contributed by atoms with E-state index in [-0.39, 0.29) is 0 Å². The molecule has 6 heteroatoms. The van der Waals surface area contributed by atoms with Crippen LogP contribution in [0.4, 0.5) is 11.5 Å². The number of hydrogen-bond donors (Lipinski definition) is 1. The minimum atomic E-state index is 0.677. The fourth-order valence-corrected chi connectivity index (χ4v) is 3.40. The number of anilines is 2. The Morgan fingerprint density at radius 2 is 1.92 bits per heavy atom. The smallest absolute Gasteiger partial charge is 0.164 e. The predicted octanol–water partition coefficient (Wildman–Crippen LogP) is 4.45. The first kappa shape index (κ1) is 14.7. The van der Waals surface area contributed by atoms with Crippen LogP contribution in [0.15, 0.2) is 55.1 Å². The van der Waals surface area contributed by atoms with Gasteiger partial charge in [0.05, 0.1) is 5.39 Å². The van der Waals surface area contributed by atoms with E-state index in [4.69, 9.17) is 9.97 Å². The Hall–Kier alpha value is -2.86. The molecule has 0 aromatic carbocycles. The zero-order chi connectivity index (χ0) is 16.4. The van der Waals surface area contributed by atoms with Gasteiger partial charge in [-0.25, -0.2) is 9.97 Å². The van der Waals surface area contributed by atoms with Crippen molar-refractivity contribution in [1.82, 2.24) is 19.9 Å². The van der Waals surface area contributed by atoms with Crippen molar-refractivity contribution in [1.29, 1.82) is 0 Å². The van der Waals surface area contributed by atoms with Crippen molar-refractivity contribution in [2.75, 3.05) is 5.32 Å². The van der Waals surface area contributed by atoms with Crippen LogP contribution in [-0.2, 0) is 6.42 Å². The van der Waals surface area contributed by atoms with Gasteiger partial charge in [-0.05, 0) is 36.8 Å². The molecule has 0 aliphatic carbocycles. The SMILES string of the molecule is CCc1cc2c(Nc3ccncc3)nc(-c3cccnc3)nc2s1. The third kappa shape index (κ3) is 2.83. The van der Waals surface area contributed by atoms with Crippen LogP contribution >= 0.6 is 11.3 Å². The summed E-state index contributed by atoms with van der Waals surface area (Å²) < 4.78 is 0. The van der Waals surface area contributed by atoms with Crippen LogP contribution in [0.5, 0.6) is 0 Å². The lowest BCUT2D eigenvalue weighted by atomic mass is 10.2. The number of nitrogens with zero attached hydrogens (tertiary/aromatic N) is 4. The van der Waals surface area contributed by atoms with Crippen molar-refractivity contribution in [2.24, 2.45) is 0 Å². The van der Waals surface area contributed by atoms with Gasteiger partial charge in [-0.1, -0.05) is 6.92 Å². The summed E-state index contributed by atoms with van der Waals surface area (Å²) in [7, 11) is 0. The first-order valence-electron chi connectivity index (χ1n) is 7.71. The summed E-state index contributed by atoms with van der Waals surface area (Å²) in [6.07, 6.45) is 8.03. The Morgan fingerprint density at radius 1 is 1.04 bits per heavy atom. The Bertz CT molecular complexity index is 967. The molecule has 1 N–H and O–H groups in total. The second-order valence-corrected chi connectivity index (χ2v) is 6.40. The number of rotatable bonds is 4. The van der Waals surface area contributed by atoms with Crippen molar-refractivity contribution in [3.63, 3.8) is 0 Å². The van der Waals surface area contributed by atoms with Gasteiger partial charge >= 0.3 is 0 Å². The third-order valence-electron chi connectivity index (χ3n) is 3.66. The highest BCUT2D eigenvalue weighted by atomic mass is 32.1. The molecule has 0 saturated carbocycles. The van der Waals surface area contributed by atoms with Crippen LogP contribution in [0.3, 0.4) is 0 Å². The van der Waals surface area contributed by atoms with Gasteiger partial charge in [-0.2, -0.15) is 0 Å². The van der Waals surface area contributed by atoms with E-state index in [1.54, 1.807) is 36.1 Å². The van der Waals surface area contributed by atoms with Gasteiger partial charge in [-0.3, -0.25) is 9.97 Å². The van der Waals surface area contributed by atoms with E-state index in [2.05, 4.69) is 28.3 Å². The standard InChI is InChI=1S/C18H15N5S/c1-2-14-10-15-17(21-13-5-8-19-9-6-13)22-16(23-18(15)24-14)12-4-3-7-20-11-12/h3-11H,2H2,1H3,(H,19,21,22,23). The Morgan fingerprint density at radius 3 is 2.67 bits per heavy atom. The van der Waals surface area contributed by atoms with Gasteiger partial charge in [0, 0.05) is 40.9 Å². The summed E-state index contributed by atoms with van der Waals surface area (Å²) in [6, 6.07) is 9.87. The Balaban J connectivity index is 1.87. The van der Waals surface area contributed by atoms with Crippen LogP contribution in [0, 0.1) is 0 Å². The predicted molar refractivity (Wildman–Crippen MR) is 97.5 cm³/mol. The molecule has 4 aromatic heterocycles. The molecule has 0 radical (unpaired) electrons.